The van der Waals surface area contributed by atoms with Crippen LogP contribution in [0.25, 0.3) is 16.6 Å². The number of benzene rings is 1. The Hall–Kier alpha value is -3.16. The number of nitrogens with zero attached hydrogens (tertiary/aromatic N) is 4. The van der Waals surface area contributed by atoms with Gasteiger partial charge in [0.15, 0.2) is 0 Å². The van der Waals surface area contributed by atoms with E-state index in [1.54, 1.807) is 24.4 Å². The summed E-state index contributed by atoms with van der Waals surface area (Å²) in [6, 6.07) is 6.22. The van der Waals surface area contributed by atoms with Crippen LogP contribution in [0.3, 0.4) is 0 Å². The number of amides is 1. The van der Waals surface area contributed by atoms with Crippen molar-refractivity contribution in [1.29, 1.82) is 0 Å². The molecule has 8 nitrogen and oxygen atoms in total. The first-order chi connectivity index (χ1) is 14.3. The van der Waals surface area contributed by atoms with E-state index in [0.29, 0.717) is 18.8 Å². The molecule has 1 fully saturated rings. The van der Waals surface area contributed by atoms with Gasteiger partial charge >= 0.3 is 6.09 Å². The van der Waals surface area contributed by atoms with Crippen LogP contribution < -0.4 is 11.1 Å². The molecule has 1 aliphatic rings. The molecule has 3 N–H and O–H groups in total. The van der Waals surface area contributed by atoms with E-state index in [1.807, 2.05) is 39.0 Å². The zero-order chi connectivity index (χ0) is 21.7. The van der Waals surface area contributed by atoms with Crippen LogP contribution in [0.4, 0.5) is 10.5 Å². The number of rotatable bonds is 4. The molecule has 0 saturated carbocycles. The lowest BCUT2D eigenvalue weighted by Crippen LogP contribution is -2.44. The first-order valence-electron chi connectivity index (χ1n) is 10.1. The minimum absolute atomic E-state index is 0.242. The maximum Gasteiger partial charge on any atom is 0.410 e. The van der Waals surface area contributed by atoms with Gasteiger partial charge in [-0.15, -0.1) is 0 Å². The molecule has 1 amide bonds. The fourth-order valence-electron chi connectivity index (χ4n) is 3.34. The molecule has 0 radical (unpaired) electrons. The van der Waals surface area contributed by atoms with Crippen LogP contribution in [0, 0.1) is 0 Å². The zero-order valence-corrected chi connectivity index (χ0v) is 18.1. The Morgan fingerprint density at radius 2 is 2.03 bits per heavy atom. The van der Waals surface area contributed by atoms with Crippen molar-refractivity contribution in [3.8, 4) is 0 Å². The molecule has 0 aliphatic carbocycles. The van der Waals surface area contributed by atoms with Crippen molar-refractivity contribution < 1.29 is 9.53 Å². The predicted octanol–water partition coefficient (Wildman–Crippen LogP) is 3.44. The third kappa shape index (κ3) is 5.46. The van der Waals surface area contributed by atoms with Gasteiger partial charge in [0.1, 0.15) is 5.60 Å². The fourth-order valence-corrected chi connectivity index (χ4v) is 3.34. The molecule has 1 aromatic carbocycles. The summed E-state index contributed by atoms with van der Waals surface area (Å²) in [5.74, 6) is 0. The number of nitrogens with two attached hydrogens (primary N) is 1. The number of carbonyl (C=O) groups is 1. The molecular formula is C22H30N6O2. The molecule has 0 bridgehead atoms. The van der Waals surface area contributed by atoms with E-state index in [-0.39, 0.29) is 12.1 Å². The number of anilines is 1. The van der Waals surface area contributed by atoms with Crippen molar-refractivity contribution in [3.05, 3.63) is 36.3 Å². The number of nitrogens with one attached hydrogen (secondary N) is 1. The maximum atomic E-state index is 12.2. The van der Waals surface area contributed by atoms with E-state index in [2.05, 4.69) is 20.3 Å². The van der Waals surface area contributed by atoms with Crippen molar-refractivity contribution in [3.63, 3.8) is 0 Å². The van der Waals surface area contributed by atoms with Crippen molar-refractivity contribution in [2.24, 2.45) is 10.7 Å². The summed E-state index contributed by atoms with van der Waals surface area (Å²) < 4.78 is 5.46. The summed E-state index contributed by atoms with van der Waals surface area (Å²) >= 11 is 0. The quantitative estimate of drug-likeness (QED) is 0.748. The number of allylic oxidation sites excluding steroid dienone is 1. The average molecular weight is 411 g/mol. The predicted molar refractivity (Wildman–Crippen MR) is 121 cm³/mol. The number of hydrogen-bond donors (Lipinski definition) is 2. The molecule has 2 heterocycles. The molecule has 8 heteroatoms. The largest absolute Gasteiger partial charge is 0.444 e. The number of ether oxygens (including phenoxy) is 1. The van der Waals surface area contributed by atoms with E-state index in [0.717, 1.165) is 35.1 Å². The Labute approximate surface area is 177 Å². The normalized spacial score (nSPS) is 16.3. The standard InChI is InChI=1S/C22H30N6O2/c1-22(2,3)30-21(29)28-9-7-16(8-10-28)26-17-5-6-18-19(11-17)27-20(14-25-18)15(12-23)13-24-4/h5-6,11-14,16,26H,7-10,23H2,1-4H3. The molecule has 30 heavy (non-hydrogen) atoms. The summed E-state index contributed by atoms with van der Waals surface area (Å²) in [4.78, 5) is 27.2. The van der Waals surface area contributed by atoms with Gasteiger partial charge in [-0.25, -0.2) is 9.78 Å². The molecule has 0 atom stereocenters. The second kappa shape index (κ2) is 9.11. The molecule has 0 spiro atoms. The van der Waals surface area contributed by atoms with Crippen LogP contribution in [0.5, 0.6) is 0 Å². The van der Waals surface area contributed by atoms with E-state index < -0.39 is 5.60 Å². The van der Waals surface area contributed by atoms with Crippen LogP contribution in [0.15, 0.2) is 35.6 Å². The molecule has 2 aromatic rings. The average Bonchev–Trinajstić information content (AvgIpc) is 2.70. The van der Waals surface area contributed by atoms with Gasteiger partial charge in [-0.05, 0) is 51.8 Å². The summed E-state index contributed by atoms with van der Waals surface area (Å²) in [6.07, 6.45) is 6.31. The van der Waals surface area contributed by atoms with Gasteiger partial charge in [-0.1, -0.05) is 0 Å². The van der Waals surface area contributed by atoms with Crippen LogP contribution >= 0.6 is 0 Å². The summed E-state index contributed by atoms with van der Waals surface area (Å²) in [5.41, 5.74) is 9.19. The van der Waals surface area contributed by atoms with E-state index in [4.69, 9.17) is 10.5 Å². The van der Waals surface area contributed by atoms with Crippen LogP contribution in [-0.4, -0.2) is 59.0 Å². The lowest BCUT2D eigenvalue weighted by atomic mass is 10.0. The van der Waals surface area contributed by atoms with Gasteiger partial charge in [-0.3, -0.25) is 9.98 Å². The van der Waals surface area contributed by atoms with Crippen molar-refractivity contribution in [1.82, 2.24) is 14.9 Å². The highest BCUT2D eigenvalue weighted by atomic mass is 16.6. The zero-order valence-electron chi connectivity index (χ0n) is 18.1. The Bertz CT molecular complexity index is 956. The highest BCUT2D eigenvalue weighted by molar-refractivity contribution is 6.09. The van der Waals surface area contributed by atoms with E-state index in [9.17, 15) is 4.79 Å². The van der Waals surface area contributed by atoms with Gasteiger partial charge in [0.25, 0.3) is 0 Å². The number of carbonyl (C=O) groups excluding carboxylic acids is 1. The lowest BCUT2D eigenvalue weighted by molar-refractivity contribution is 0.0210. The highest BCUT2D eigenvalue weighted by Crippen LogP contribution is 2.22. The minimum Gasteiger partial charge on any atom is -0.444 e. The minimum atomic E-state index is -0.473. The highest BCUT2D eigenvalue weighted by Gasteiger charge is 2.26. The third-order valence-corrected chi connectivity index (χ3v) is 4.80. The Balaban J connectivity index is 1.66. The van der Waals surface area contributed by atoms with Gasteiger partial charge in [0, 0.05) is 49.9 Å². The lowest BCUT2D eigenvalue weighted by Gasteiger charge is -2.34. The Morgan fingerprint density at radius 1 is 1.30 bits per heavy atom. The number of aliphatic imine (C=N–C) groups is 1. The van der Waals surface area contributed by atoms with Crippen molar-refractivity contribution in [2.45, 2.75) is 45.3 Å². The summed E-state index contributed by atoms with van der Waals surface area (Å²) in [5, 5.41) is 3.56. The molecule has 3 rings (SSSR count). The molecule has 1 saturated heterocycles. The Kier molecular flexibility index (Phi) is 6.54. The van der Waals surface area contributed by atoms with Crippen LogP contribution in [0.2, 0.25) is 0 Å². The first kappa shape index (κ1) is 21.5. The SMILES string of the molecule is CN=CC(=CN)c1cnc2ccc(NC3CCN(C(=O)OC(C)(C)C)CC3)cc2n1. The fraction of sp³-hybridized carbons (Fsp3) is 0.455. The van der Waals surface area contributed by atoms with Crippen LogP contribution in [0.1, 0.15) is 39.3 Å². The van der Waals surface area contributed by atoms with Crippen molar-refractivity contribution in [2.75, 3.05) is 25.5 Å². The number of fused-ring (bicyclic) bond motifs is 1. The second-order valence-electron chi connectivity index (χ2n) is 8.35. The molecular weight excluding hydrogens is 380 g/mol. The number of hydrogen-bond acceptors (Lipinski definition) is 7. The Morgan fingerprint density at radius 3 is 2.67 bits per heavy atom. The van der Waals surface area contributed by atoms with Gasteiger partial charge in [0.2, 0.25) is 0 Å². The third-order valence-electron chi connectivity index (χ3n) is 4.80. The first-order valence-corrected chi connectivity index (χ1v) is 10.1. The topological polar surface area (TPSA) is 106 Å². The molecule has 1 aromatic heterocycles. The van der Waals surface area contributed by atoms with E-state index in [1.165, 1.54) is 6.20 Å². The number of likely N-dealkylation sites (tertiary alicyclic amines) is 1. The van der Waals surface area contributed by atoms with Crippen LogP contribution in [-0.2, 0) is 4.74 Å². The summed E-state index contributed by atoms with van der Waals surface area (Å²) in [7, 11) is 1.69. The number of aromatic nitrogens is 2. The smallest absolute Gasteiger partial charge is 0.410 e. The monoisotopic (exact) mass is 410 g/mol. The second-order valence-corrected chi connectivity index (χ2v) is 8.35. The van der Waals surface area contributed by atoms with Crippen molar-refractivity contribution >= 4 is 34.6 Å². The summed E-state index contributed by atoms with van der Waals surface area (Å²) in [6.45, 7) is 6.99. The maximum absolute atomic E-state index is 12.2. The number of piperidine rings is 1. The van der Waals surface area contributed by atoms with Gasteiger partial charge < -0.3 is 20.7 Å². The molecule has 1 aliphatic heterocycles. The van der Waals surface area contributed by atoms with Gasteiger partial charge in [0.05, 0.1) is 22.9 Å². The molecule has 0 unspecified atom stereocenters. The molecule has 160 valence electrons. The van der Waals surface area contributed by atoms with E-state index >= 15 is 0 Å². The van der Waals surface area contributed by atoms with Gasteiger partial charge in [-0.2, -0.15) is 0 Å².